The summed E-state index contributed by atoms with van der Waals surface area (Å²) >= 11 is 12.9. The Bertz CT molecular complexity index is 1310. The molecule has 4 rings (SSSR count). The van der Waals surface area contributed by atoms with Crippen LogP contribution < -0.4 is 10.1 Å². The Balaban J connectivity index is 1.51. The topological polar surface area (TPSA) is 75.7 Å². The van der Waals surface area contributed by atoms with Gasteiger partial charge in [-0.15, -0.1) is 0 Å². The average Bonchev–Trinajstić information content (AvgIpc) is 3.08. The SMILES string of the molecule is O=C(COc1ccc(Cl)cc1/C=C1\SC(=O)N(Cc2c(F)cccc2Cl)C1=O)Nc1ccccc1. The van der Waals surface area contributed by atoms with Crippen molar-refractivity contribution in [1.82, 2.24) is 4.90 Å². The van der Waals surface area contributed by atoms with Gasteiger partial charge in [0.2, 0.25) is 0 Å². The highest BCUT2D eigenvalue weighted by Crippen LogP contribution is 2.36. The van der Waals surface area contributed by atoms with Crippen molar-refractivity contribution >= 4 is 63.8 Å². The second-order valence-electron chi connectivity index (χ2n) is 7.35. The van der Waals surface area contributed by atoms with Crippen LogP contribution in [0, 0.1) is 5.82 Å². The number of imide groups is 1. The third-order valence-corrected chi connectivity index (χ3v) is 6.42. The third kappa shape index (κ3) is 6.03. The summed E-state index contributed by atoms with van der Waals surface area (Å²) < 4.78 is 19.8. The van der Waals surface area contributed by atoms with Crippen LogP contribution in [0.15, 0.2) is 71.6 Å². The van der Waals surface area contributed by atoms with E-state index >= 15 is 0 Å². The van der Waals surface area contributed by atoms with Crippen LogP contribution in [-0.2, 0) is 16.1 Å². The second kappa shape index (κ2) is 10.9. The van der Waals surface area contributed by atoms with E-state index in [1.807, 2.05) is 6.07 Å². The molecule has 1 saturated heterocycles. The normalized spacial score (nSPS) is 14.5. The number of ether oxygens (including phenoxy) is 1. The maximum absolute atomic E-state index is 14.2. The van der Waals surface area contributed by atoms with Gasteiger partial charge in [0.05, 0.1) is 11.4 Å². The van der Waals surface area contributed by atoms with Gasteiger partial charge in [-0.25, -0.2) is 4.39 Å². The molecule has 178 valence electrons. The number of hydrogen-bond acceptors (Lipinski definition) is 5. The molecule has 0 atom stereocenters. The van der Waals surface area contributed by atoms with Crippen LogP contribution in [0.1, 0.15) is 11.1 Å². The number of rotatable bonds is 7. The van der Waals surface area contributed by atoms with Crippen LogP contribution >= 0.6 is 35.0 Å². The van der Waals surface area contributed by atoms with Crippen molar-refractivity contribution in [2.24, 2.45) is 0 Å². The number of nitrogens with zero attached hydrogens (tertiary/aromatic N) is 1. The van der Waals surface area contributed by atoms with Gasteiger partial charge < -0.3 is 10.1 Å². The highest BCUT2D eigenvalue weighted by Gasteiger charge is 2.36. The molecule has 0 aromatic heterocycles. The fourth-order valence-corrected chi connectivity index (χ4v) is 4.48. The third-order valence-electron chi connectivity index (χ3n) is 4.93. The van der Waals surface area contributed by atoms with Gasteiger partial charge >= 0.3 is 0 Å². The molecule has 35 heavy (non-hydrogen) atoms. The number of anilines is 1. The summed E-state index contributed by atoms with van der Waals surface area (Å²) in [5, 5.41) is 2.64. The van der Waals surface area contributed by atoms with Gasteiger partial charge in [-0.05, 0) is 60.3 Å². The molecule has 6 nitrogen and oxygen atoms in total. The number of para-hydroxylation sites is 1. The Morgan fingerprint density at radius 2 is 1.83 bits per heavy atom. The summed E-state index contributed by atoms with van der Waals surface area (Å²) in [5.74, 6) is -1.30. The molecule has 1 N–H and O–H groups in total. The van der Waals surface area contributed by atoms with Crippen LogP contribution in [0.25, 0.3) is 6.08 Å². The van der Waals surface area contributed by atoms with Gasteiger partial charge in [-0.1, -0.05) is 47.5 Å². The summed E-state index contributed by atoms with van der Waals surface area (Å²) in [6, 6.07) is 17.7. The molecule has 1 aliphatic heterocycles. The zero-order valence-electron chi connectivity index (χ0n) is 18.0. The molecule has 0 saturated carbocycles. The minimum atomic E-state index is -0.611. The van der Waals surface area contributed by atoms with Gasteiger partial charge in [0.25, 0.3) is 17.1 Å². The van der Waals surface area contributed by atoms with Gasteiger partial charge in [-0.2, -0.15) is 0 Å². The summed E-state index contributed by atoms with van der Waals surface area (Å²) in [6.45, 7) is -0.587. The van der Waals surface area contributed by atoms with Gasteiger partial charge in [0, 0.05) is 26.9 Å². The number of benzene rings is 3. The smallest absolute Gasteiger partial charge is 0.293 e. The lowest BCUT2D eigenvalue weighted by Gasteiger charge is -2.14. The predicted molar refractivity (Wildman–Crippen MR) is 135 cm³/mol. The number of hydrogen-bond donors (Lipinski definition) is 1. The van der Waals surface area contributed by atoms with E-state index in [2.05, 4.69) is 5.32 Å². The molecule has 0 radical (unpaired) electrons. The monoisotopic (exact) mass is 530 g/mol. The first-order valence-electron chi connectivity index (χ1n) is 10.3. The van der Waals surface area contributed by atoms with Crippen LogP contribution in [0.5, 0.6) is 5.75 Å². The molecule has 1 fully saturated rings. The van der Waals surface area contributed by atoms with Crippen LogP contribution in [-0.4, -0.2) is 28.6 Å². The van der Waals surface area contributed by atoms with E-state index < -0.39 is 17.0 Å². The van der Waals surface area contributed by atoms with E-state index in [9.17, 15) is 18.8 Å². The molecule has 0 aliphatic carbocycles. The highest BCUT2D eigenvalue weighted by atomic mass is 35.5. The molecule has 0 bridgehead atoms. The largest absolute Gasteiger partial charge is 0.483 e. The molecule has 3 amide bonds. The van der Waals surface area contributed by atoms with E-state index in [0.29, 0.717) is 33.8 Å². The van der Waals surface area contributed by atoms with E-state index in [-0.39, 0.29) is 34.6 Å². The Morgan fingerprint density at radius 1 is 1.06 bits per heavy atom. The number of carbonyl (C=O) groups is 3. The van der Waals surface area contributed by atoms with Crippen molar-refractivity contribution in [3.05, 3.63) is 98.6 Å². The van der Waals surface area contributed by atoms with Gasteiger partial charge in [-0.3, -0.25) is 19.3 Å². The van der Waals surface area contributed by atoms with Crippen LogP contribution in [0.2, 0.25) is 10.0 Å². The molecular weight excluding hydrogens is 514 g/mol. The van der Waals surface area contributed by atoms with Crippen LogP contribution in [0.4, 0.5) is 14.9 Å². The fourth-order valence-electron chi connectivity index (χ4n) is 3.24. The second-order valence-corrected chi connectivity index (χ2v) is 9.19. The molecule has 3 aromatic rings. The zero-order valence-corrected chi connectivity index (χ0v) is 20.3. The number of carbonyl (C=O) groups excluding carboxylic acids is 3. The molecule has 10 heteroatoms. The van der Waals surface area contributed by atoms with Gasteiger partial charge in [0.1, 0.15) is 11.6 Å². The number of thioether (sulfide) groups is 1. The minimum Gasteiger partial charge on any atom is -0.483 e. The van der Waals surface area contributed by atoms with Crippen LogP contribution in [0.3, 0.4) is 0 Å². The summed E-state index contributed by atoms with van der Waals surface area (Å²) in [5.41, 5.74) is 1.08. The van der Waals surface area contributed by atoms with Crippen molar-refractivity contribution in [2.75, 3.05) is 11.9 Å². The molecule has 0 spiro atoms. The van der Waals surface area contributed by atoms with Gasteiger partial charge in [0.15, 0.2) is 6.61 Å². The lowest BCUT2D eigenvalue weighted by molar-refractivity contribution is -0.123. The minimum absolute atomic E-state index is 0.0499. The van der Waals surface area contributed by atoms with E-state index in [1.165, 1.54) is 24.3 Å². The first-order valence-corrected chi connectivity index (χ1v) is 11.8. The van der Waals surface area contributed by atoms with E-state index in [0.717, 1.165) is 4.90 Å². The standard InChI is InChI=1S/C25H17Cl2FN2O4S/c26-16-9-10-21(34-14-23(31)29-17-5-2-1-3-6-17)15(11-16)12-22-24(32)30(25(33)35-22)13-18-19(27)7-4-8-20(18)28/h1-12H,13-14H2,(H,29,31)/b22-12-. The van der Waals surface area contributed by atoms with E-state index in [4.69, 9.17) is 27.9 Å². The average molecular weight is 531 g/mol. The quantitative estimate of drug-likeness (QED) is 0.358. The number of amides is 3. The van der Waals surface area contributed by atoms with Crippen molar-refractivity contribution in [2.45, 2.75) is 6.54 Å². The number of halogens is 3. The Kier molecular flexibility index (Phi) is 7.75. The lowest BCUT2D eigenvalue weighted by Crippen LogP contribution is -2.28. The Morgan fingerprint density at radius 3 is 2.57 bits per heavy atom. The Hall–Kier alpha value is -3.33. The first-order chi connectivity index (χ1) is 16.8. The van der Waals surface area contributed by atoms with Crippen molar-refractivity contribution in [1.29, 1.82) is 0 Å². The summed E-state index contributed by atoms with van der Waals surface area (Å²) in [6.07, 6.45) is 1.45. The Labute approximate surface area is 214 Å². The van der Waals surface area contributed by atoms with E-state index in [1.54, 1.807) is 42.5 Å². The molecule has 1 heterocycles. The zero-order chi connectivity index (χ0) is 24.9. The molecule has 1 aliphatic rings. The number of nitrogens with one attached hydrogen (secondary N) is 1. The fraction of sp³-hybridized carbons (Fsp3) is 0.0800. The summed E-state index contributed by atoms with van der Waals surface area (Å²) in [7, 11) is 0. The maximum atomic E-state index is 14.2. The van der Waals surface area contributed by atoms with Crippen molar-refractivity contribution in [3.63, 3.8) is 0 Å². The highest BCUT2D eigenvalue weighted by molar-refractivity contribution is 8.18. The van der Waals surface area contributed by atoms with Crippen molar-refractivity contribution < 1.29 is 23.5 Å². The lowest BCUT2D eigenvalue weighted by atomic mass is 10.1. The molecule has 0 unspecified atom stereocenters. The molecule has 3 aromatic carbocycles. The predicted octanol–water partition coefficient (Wildman–Crippen LogP) is 6.39. The molecular formula is C25H17Cl2FN2O4S. The maximum Gasteiger partial charge on any atom is 0.293 e. The summed E-state index contributed by atoms with van der Waals surface area (Å²) in [4.78, 5) is 38.7. The first kappa shape index (κ1) is 24.8. The van der Waals surface area contributed by atoms with Crippen molar-refractivity contribution in [3.8, 4) is 5.75 Å².